The first-order valence-electron chi connectivity index (χ1n) is 14.5. The van der Waals surface area contributed by atoms with Gasteiger partial charge in [-0.25, -0.2) is 9.29 Å². The number of anilines is 1. The predicted molar refractivity (Wildman–Crippen MR) is 154 cm³/mol. The molecule has 4 N–H and O–H groups in total. The van der Waals surface area contributed by atoms with Crippen molar-refractivity contribution in [3.05, 3.63) is 102 Å². The summed E-state index contributed by atoms with van der Waals surface area (Å²) in [5.41, 5.74) is -3.34. The van der Waals surface area contributed by atoms with Crippen molar-refractivity contribution >= 4 is 17.6 Å². The number of fused-ring (bicyclic) bond motifs is 3. The molecule has 3 aliphatic rings. The standard InChI is InChI=1S/C33H35FN2O7/c1-21(2)32-31(43-32,29(41)35-25-11-7-4-8-12-25)30(22-9-5-3-6-10-22)33(42-30,23-13-15-24(34)16-14-23)36(32)18-17-26(37)19-27(38)20-28(39)40/h3-16,21,26-27,37-38H,17-20H2,1-2H3,(H,35,41)(H,39,40)/t26-,27-,30-,31+,32+,33+/m1/s1. The Bertz CT molecular complexity index is 1510. The van der Waals surface area contributed by atoms with Gasteiger partial charge in [-0.05, 0) is 48.6 Å². The molecule has 0 aromatic heterocycles. The van der Waals surface area contributed by atoms with Crippen LogP contribution in [0, 0.1) is 11.7 Å². The summed E-state index contributed by atoms with van der Waals surface area (Å²) >= 11 is 0. The molecule has 3 fully saturated rings. The number of amides is 1. The first-order valence-corrected chi connectivity index (χ1v) is 14.5. The van der Waals surface area contributed by atoms with E-state index in [4.69, 9.17) is 14.6 Å². The highest BCUT2D eigenvalue weighted by Gasteiger charge is 3.06. The van der Waals surface area contributed by atoms with E-state index >= 15 is 0 Å². The molecule has 0 radical (unpaired) electrons. The fourth-order valence-corrected chi connectivity index (χ4v) is 7.25. The number of para-hydroxylation sites is 1. The smallest absolute Gasteiger partial charge is 0.305 e. The summed E-state index contributed by atoms with van der Waals surface area (Å²) in [6, 6.07) is 24.4. The van der Waals surface area contributed by atoms with Crippen molar-refractivity contribution in [3.63, 3.8) is 0 Å². The van der Waals surface area contributed by atoms with Gasteiger partial charge in [-0.1, -0.05) is 74.5 Å². The average molecular weight is 591 g/mol. The number of hydrogen-bond acceptors (Lipinski definition) is 7. The largest absolute Gasteiger partial charge is 0.481 e. The number of aliphatic carboxylic acids is 1. The van der Waals surface area contributed by atoms with Crippen LogP contribution in [0.2, 0.25) is 0 Å². The summed E-state index contributed by atoms with van der Waals surface area (Å²) in [4.78, 5) is 27.5. The van der Waals surface area contributed by atoms with Crippen LogP contribution in [0.1, 0.15) is 44.2 Å². The third-order valence-electron chi connectivity index (χ3n) is 8.97. The van der Waals surface area contributed by atoms with E-state index in [2.05, 4.69) is 5.32 Å². The third-order valence-corrected chi connectivity index (χ3v) is 8.97. The zero-order chi connectivity index (χ0) is 30.6. The Morgan fingerprint density at radius 3 is 2.12 bits per heavy atom. The van der Waals surface area contributed by atoms with E-state index in [-0.39, 0.29) is 31.2 Å². The number of benzene rings is 3. The second-order valence-corrected chi connectivity index (χ2v) is 11.8. The molecule has 0 aliphatic carbocycles. The van der Waals surface area contributed by atoms with Crippen LogP contribution in [0.15, 0.2) is 84.9 Å². The zero-order valence-electron chi connectivity index (χ0n) is 23.9. The number of likely N-dealkylation sites (tertiary alicyclic amines) is 1. The van der Waals surface area contributed by atoms with Crippen molar-refractivity contribution in [1.29, 1.82) is 0 Å². The number of aliphatic hydroxyl groups is 2. The molecule has 3 saturated heterocycles. The van der Waals surface area contributed by atoms with Crippen LogP contribution in [0.3, 0.4) is 0 Å². The van der Waals surface area contributed by atoms with Gasteiger partial charge >= 0.3 is 5.97 Å². The first-order chi connectivity index (χ1) is 20.5. The second-order valence-electron chi connectivity index (χ2n) is 11.8. The van der Waals surface area contributed by atoms with Gasteiger partial charge in [0.15, 0.2) is 17.1 Å². The summed E-state index contributed by atoms with van der Waals surface area (Å²) in [5, 5.41) is 33.1. The zero-order valence-corrected chi connectivity index (χ0v) is 23.9. The SMILES string of the molecule is CC(C)[C@]12O[C@@]1(C(=O)Nc1ccccc1)[C@@]1(c3ccccc3)O[C@]1(c1ccc(F)cc1)N2CC[C@@H](O)C[C@@H](O)CC(=O)O. The molecule has 43 heavy (non-hydrogen) atoms. The van der Waals surface area contributed by atoms with E-state index < -0.39 is 53.1 Å². The molecular weight excluding hydrogens is 555 g/mol. The summed E-state index contributed by atoms with van der Waals surface area (Å²) in [6.45, 7) is 4.09. The predicted octanol–water partition coefficient (Wildman–Crippen LogP) is 3.96. The van der Waals surface area contributed by atoms with Gasteiger partial charge in [-0.2, -0.15) is 0 Å². The van der Waals surface area contributed by atoms with E-state index in [1.807, 2.05) is 67.3 Å². The monoisotopic (exact) mass is 590 g/mol. The van der Waals surface area contributed by atoms with Gasteiger partial charge in [0.05, 0.1) is 18.6 Å². The maximum atomic E-state index is 14.5. The number of carboxylic acid groups (broad SMARTS) is 1. The quantitative estimate of drug-likeness (QED) is 0.233. The molecule has 10 heteroatoms. The van der Waals surface area contributed by atoms with Gasteiger partial charge in [0.1, 0.15) is 5.82 Å². The Hall–Kier alpha value is -3.67. The number of carbonyl (C=O) groups excluding carboxylic acids is 1. The fraction of sp³-hybridized carbons (Fsp3) is 0.394. The van der Waals surface area contributed by atoms with E-state index in [9.17, 15) is 24.2 Å². The molecule has 0 saturated carbocycles. The lowest BCUT2D eigenvalue weighted by molar-refractivity contribution is -0.139. The molecule has 0 unspecified atom stereocenters. The minimum atomic E-state index is -1.52. The van der Waals surface area contributed by atoms with E-state index in [0.717, 1.165) is 0 Å². The Morgan fingerprint density at radius 1 is 0.884 bits per heavy atom. The van der Waals surface area contributed by atoms with Gasteiger partial charge in [-0.15, -0.1) is 0 Å². The number of carbonyl (C=O) groups is 2. The van der Waals surface area contributed by atoms with Crippen LogP contribution >= 0.6 is 0 Å². The molecule has 3 aromatic carbocycles. The van der Waals surface area contributed by atoms with Gasteiger partial charge < -0.3 is 30.1 Å². The average Bonchev–Trinajstić information content (AvgIpc) is 3.86. The summed E-state index contributed by atoms with van der Waals surface area (Å²) in [6.07, 6.45) is -2.75. The van der Waals surface area contributed by atoms with Crippen LogP contribution in [0.4, 0.5) is 10.1 Å². The second kappa shape index (κ2) is 10.5. The lowest BCUT2D eigenvalue weighted by Gasteiger charge is -2.36. The lowest BCUT2D eigenvalue weighted by Crippen LogP contribution is -2.52. The number of hydrogen-bond donors (Lipinski definition) is 4. The van der Waals surface area contributed by atoms with Crippen molar-refractivity contribution in [2.75, 3.05) is 11.9 Å². The number of halogens is 1. The Kier molecular flexibility index (Phi) is 7.18. The third kappa shape index (κ3) is 4.16. The van der Waals surface area contributed by atoms with Crippen LogP contribution in [0.25, 0.3) is 0 Å². The van der Waals surface area contributed by atoms with Gasteiger partial charge in [0.25, 0.3) is 5.91 Å². The molecule has 3 aliphatic heterocycles. The van der Waals surface area contributed by atoms with Crippen molar-refractivity contribution in [2.24, 2.45) is 5.92 Å². The van der Waals surface area contributed by atoms with Crippen LogP contribution < -0.4 is 5.32 Å². The van der Waals surface area contributed by atoms with Crippen molar-refractivity contribution in [1.82, 2.24) is 4.90 Å². The van der Waals surface area contributed by atoms with E-state index in [1.165, 1.54) is 12.1 Å². The Morgan fingerprint density at radius 2 is 1.51 bits per heavy atom. The molecular formula is C33H35FN2O7. The molecule has 3 aromatic rings. The number of carboxylic acids is 1. The normalized spacial score (nSPS) is 30.3. The molecule has 226 valence electrons. The van der Waals surface area contributed by atoms with Crippen LogP contribution in [-0.2, 0) is 30.4 Å². The molecule has 6 rings (SSSR count). The highest BCUT2D eigenvalue weighted by atomic mass is 19.1. The van der Waals surface area contributed by atoms with Crippen molar-refractivity contribution < 1.29 is 38.8 Å². The molecule has 0 bridgehead atoms. The summed E-state index contributed by atoms with van der Waals surface area (Å²) in [5.74, 6) is -2.21. The maximum absolute atomic E-state index is 14.5. The summed E-state index contributed by atoms with van der Waals surface area (Å²) in [7, 11) is 0. The van der Waals surface area contributed by atoms with Crippen molar-refractivity contribution in [3.8, 4) is 0 Å². The highest BCUT2D eigenvalue weighted by Crippen LogP contribution is 2.86. The molecule has 0 spiro atoms. The number of epoxide rings is 2. The number of nitrogens with zero attached hydrogens (tertiary/aromatic N) is 1. The summed E-state index contributed by atoms with van der Waals surface area (Å²) < 4.78 is 27.7. The Balaban J connectivity index is 1.47. The van der Waals surface area contributed by atoms with Crippen LogP contribution in [-0.4, -0.2) is 62.2 Å². The first kappa shape index (κ1) is 29.4. The highest BCUT2D eigenvalue weighted by molar-refractivity contribution is 6.03. The van der Waals surface area contributed by atoms with E-state index in [1.54, 1.807) is 24.3 Å². The minimum absolute atomic E-state index is 0.127. The van der Waals surface area contributed by atoms with Crippen LogP contribution in [0.5, 0.6) is 0 Å². The minimum Gasteiger partial charge on any atom is -0.481 e. The number of ether oxygens (including phenoxy) is 2. The number of aliphatic hydroxyl groups excluding tert-OH is 2. The van der Waals surface area contributed by atoms with Gasteiger partial charge in [-0.3, -0.25) is 9.59 Å². The maximum Gasteiger partial charge on any atom is 0.305 e. The lowest BCUT2D eigenvalue weighted by atomic mass is 9.76. The topological polar surface area (TPSA) is 135 Å². The molecule has 9 nitrogen and oxygen atoms in total. The molecule has 3 heterocycles. The fourth-order valence-electron chi connectivity index (χ4n) is 7.25. The molecule has 6 atom stereocenters. The van der Waals surface area contributed by atoms with Gasteiger partial charge in [0.2, 0.25) is 5.60 Å². The number of nitrogens with one attached hydrogen (secondary N) is 1. The molecule has 1 amide bonds. The number of rotatable bonds is 12. The van der Waals surface area contributed by atoms with Crippen molar-refractivity contribution in [2.45, 2.75) is 68.0 Å². The Labute approximate surface area is 248 Å². The van der Waals surface area contributed by atoms with E-state index in [0.29, 0.717) is 16.8 Å². The van der Waals surface area contributed by atoms with Gasteiger partial charge in [0, 0.05) is 17.8 Å².